The van der Waals surface area contributed by atoms with Crippen molar-refractivity contribution in [3.05, 3.63) is 95.1 Å². The molecule has 132 valence electrons. The molecule has 4 rings (SSSR count). The minimum absolute atomic E-state index is 0.191. The van der Waals surface area contributed by atoms with Crippen LogP contribution in [-0.2, 0) is 0 Å². The number of anilines is 1. The van der Waals surface area contributed by atoms with E-state index in [9.17, 15) is 9.59 Å². The van der Waals surface area contributed by atoms with Crippen molar-refractivity contribution in [1.29, 1.82) is 0 Å². The van der Waals surface area contributed by atoms with E-state index in [0.29, 0.717) is 27.2 Å². The number of halogens is 1. The average molecular weight is 376 g/mol. The lowest BCUT2D eigenvalue weighted by Crippen LogP contribution is -2.17. The number of rotatable bonds is 3. The van der Waals surface area contributed by atoms with Gasteiger partial charge >= 0.3 is 0 Å². The van der Waals surface area contributed by atoms with Crippen LogP contribution in [0.4, 0.5) is 5.69 Å². The highest BCUT2D eigenvalue weighted by molar-refractivity contribution is 6.30. The van der Waals surface area contributed by atoms with E-state index in [4.69, 9.17) is 11.6 Å². The zero-order valence-electron chi connectivity index (χ0n) is 14.1. The molecular weight excluding hydrogens is 362 g/mol. The van der Waals surface area contributed by atoms with E-state index in [0.717, 1.165) is 0 Å². The van der Waals surface area contributed by atoms with Crippen LogP contribution in [0.2, 0.25) is 5.02 Å². The second kappa shape index (κ2) is 7.05. The van der Waals surface area contributed by atoms with Gasteiger partial charge in [-0.3, -0.25) is 9.59 Å². The summed E-state index contributed by atoms with van der Waals surface area (Å²) in [5.74, 6) is -0.707. The summed E-state index contributed by atoms with van der Waals surface area (Å²) in [5, 5.41) is 8.26. The second-order valence-corrected chi connectivity index (χ2v) is 6.35. The molecule has 4 aromatic rings. The number of carbonyl (C=O) groups excluding carboxylic acids is 2. The molecule has 0 aliphatic rings. The second-order valence-electron chi connectivity index (χ2n) is 5.91. The Labute approximate surface area is 160 Å². The molecule has 0 radical (unpaired) electrons. The van der Waals surface area contributed by atoms with Crippen LogP contribution in [0.15, 0.2) is 78.9 Å². The number of nitrogens with zero attached hydrogens (tertiary/aromatic N) is 2. The Bertz CT molecular complexity index is 1140. The number of hydrogen-bond acceptors (Lipinski definition) is 3. The van der Waals surface area contributed by atoms with Crippen molar-refractivity contribution in [1.82, 2.24) is 9.78 Å². The molecule has 0 bridgehead atoms. The van der Waals surface area contributed by atoms with E-state index in [-0.39, 0.29) is 17.5 Å². The summed E-state index contributed by atoms with van der Waals surface area (Å²) >= 11 is 5.89. The maximum Gasteiger partial charge on any atom is 0.278 e. The molecule has 1 N–H and O–H groups in total. The molecular formula is C21H14ClN3O2. The minimum atomic E-state index is -0.375. The molecule has 27 heavy (non-hydrogen) atoms. The quantitative estimate of drug-likeness (QED) is 0.567. The van der Waals surface area contributed by atoms with Crippen LogP contribution in [-0.4, -0.2) is 21.6 Å². The van der Waals surface area contributed by atoms with E-state index in [1.54, 1.807) is 60.7 Å². The number of nitrogens with one attached hydrogen (secondary N) is 1. The Morgan fingerprint density at radius 3 is 2.26 bits per heavy atom. The third kappa shape index (κ3) is 3.32. The maximum atomic E-state index is 12.9. The molecule has 6 heteroatoms. The monoisotopic (exact) mass is 375 g/mol. The number of benzene rings is 3. The van der Waals surface area contributed by atoms with Gasteiger partial charge in [0.05, 0.1) is 5.52 Å². The minimum Gasteiger partial charge on any atom is -0.321 e. The summed E-state index contributed by atoms with van der Waals surface area (Å²) in [6, 6.07) is 22.8. The van der Waals surface area contributed by atoms with Gasteiger partial charge in [-0.15, -0.1) is 0 Å². The number of hydrogen-bond donors (Lipinski definition) is 1. The van der Waals surface area contributed by atoms with Gasteiger partial charge in [-0.1, -0.05) is 48.0 Å². The highest BCUT2D eigenvalue weighted by Crippen LogP contribution is 2.21. The van der Waals surface area contributed by atoms with Crippen molar-refractivity contribution in [3.8, 4) is 0 Å². The van der Waals surface area contributed by atoms with Gasteiger partial charge in [0.25, 0.3) is 11.8 Å². The van der Waals surface area contributed by atoms with Crippen LogP contribution in [0.5, 0.6) is 0 Å². The van der Waals surface area contributed by atoms with Crippen LogP contribution in [0.1, 0.15) is 20.8 Å². The predicted octanol–water partition coefficient (Wildman–Crippen LogP) is 4.63. The lowest BCUT2D eigenvalue weighted by Gasteiger charge is -2.03. The molecule has 0 unspecified atom stereocenters. The van der Waals surface area contributed by atoms with E-state index >= 15 is 0 Å². The fourth-order valence-electron chi connectivity index (χ4n) is 2.82. The predicted molar refractivity (Wildman–Crippen MR) is 105 cm³/mol. The third-order valence-electron chi connectivity index (χ3n) is 4.12. The summed E-state index contributed by atoms with van der Waals surface area (Å²) < 4.78 is 1.25. The molecule has 0 saturated carbocycles. The molecule has 0 aliphatic carbocycles. The number of aromatic nitrogens is 2. The number of para-hydroxylation sites is 2. The lowest BCUT2D eigenvalue weighted by atomic mass is 10.2. The molecule has 0 aliphatic heterocycles. The summed E-state index contributed by atoms with van der Waals surface area (Å²) in [5.41, 5.74) is 1.85. The average Bonchev–Trinajstić information content (AvgIpc) is 3.09. The van der Waals surface area contributed by atoms with Crippen LogP contribution in [0.3, 0.4) is 0 Å². The summed E-state index contributed by atoms with van der Waals surface area (Å²) in [7, 11) is 0. The summed E-state index contributed by atoms with van der Waals surface area (Å²) in [4.78, 5) is 25.6. The van der Waals surface area contributed by atoms with E-state index < -0.39 is 0 Å². The fraction of sp³-hybridized carbons (Fsp3) is 0. The maximum absolute atomic E-state index is 12.9. The molecule has 0 atom stereocenters. The molecule has 1 heterocycles. The van der Waals surface area contributed by atoms with Gasteiger partial charge in [0.2, 0.25) is 0 Å². The first-order valence-electron chi connectivity index (χ1n) is 8.28. The van der Waals surface area contributed by atoms with E-state index in [1.165, 1.54) is 4.68 Å². The largest absolute Gasteiger partial charge is 0.321 e. The molecule has 0 fully saturated rings. The van der Waals surface area contributed by atoms with Gasteiger partial charge in [0.1, 0.15) is 0 Å². The Kier molecular flexibility index (Phi) is 4.44. The summed E-state index contributed by atoms with van der Waals surface area (Å²) in [6.45, 7) is 0. The first-order chi connectivity index (χ1) is 13.1. The Morgan fingerprint density at radius 2 is 1.52 bits per heavy atom. The van der Waals surface area contributed by atoms with E-state index in [2.05, 4.69) is 10.4 Å². The van der Waals surface area contributed by atoms with Gasteiger partial charge in [0.15, 0.2) is 5.69 Å². The van der Waals surface area contributed by atoms with Crippen LogP contribution < -0.4 is 5.32 Å². The fourth-order valence-corrected chi connectivity index (χ4v) is 2.94. The molecule has 5 nitrogen and oxygen atoms in total. The normalized spacial score (nSPS) is 10.7. The van der Waals surface area contributed by atoms with Crippen molar-refractivity contribution in [2.24, 2.45) is 0 Å². The van der Waals surface area contributed by atoms with Crippen LogP contribution in [0, 0.1) is 0 Å². The van der Waals surface area contributed by atoms with Crippen molar-refractivity contribution in [2.75, 3.05) is 5.32 Å². The van der Waals surface area contributed by atoms with Gasteiger partial charge < -0.3 is 5.32 Å². The topological polar surface area (TPSA) is 64.0 Å². The highest BCUT2D eigenvalue weighted by Gasteiger charge is 2.21. The van der Waals surface area contributed by atoms with Gasteiger partial charge in [-0.05, 0) is 42.5 Å². The van der Waals surface area contributed by atoms with Crippen LogP contribution >= 0.6 is 11.6 Å². The SMILES string of the molecule is O=C(Nc1ccccc1)c1nn(C(=O)c2ccc(Cl)cc2)c2ccccc12. The first-order valence-corrected chi connectivity index (χ1v) is 8.66. The Balaban J connectivity index is 1.76. The number of carbonyl (C=O) groups is 2. The Hall–Kier alpha value is -3.44. The molecule has 1 amide bonds. The van der Waals surface area contributed by atoms with Crippen molar-refractivity contribution in [2.45, 2.75) is 0 Å². The van der Waals surface area contributed by atoms with Crippen molar-refractivity contribution in [3.63, 3.8) is 0 Å². The Morgan fingerprint density at radius 1 is 0.852 bits per heavy atom. The molecule has 0 spiro atoms. The molecule has 0 saturated heterocycles. The van der Waals surface area contributed by atoms with Gasteiger partial charge in [0, 0.05) is 21.7 Å². The summed E-state index contributed by atoms with van der Waals surface area (Å²) in [6.07, 6.45) is 0. The van der Waals surface area contributed by atoms with Gasteiger partial charge in [-0.2, -0.15) is 9.78 Å². The number of amides is 1. The zero-order chi connectivity index (χ0) is 18.8. The van der Waals surface area contributed by atoms with Crippen LogP contribution in [0.25, 0.3) is 10.9 Å². The zero-order valence-corrected chi connectivity index (χ0v) is 14.9. The molecule has 1 aromatic heterocycles. The lowest BCUT2D eigenvalue weighted by molar-refractivity contribution is 0.0949. The third-order valence-corrected chi connectivity index (χ3v) is 4.37. The van der Waals surface area contributed by atoms with Crippen molar-refractivity contribution >= 4 is 40.0 Å². The van der Waals surface area contributed by atoms with Crippen molar-refractivity contribution < 1.29 is 9.59 Å². The highest BCUT2D eigenvalue weighted by atomic mass is 35.5. The van der Waals surface area contributed by atoms with Gasteiger partial charge in [-0.25, -0.2) is 0 Å². The molecule has 3 aromatic carbocycles. The van der Waals surface area contributed by atoms with E-state index in [1.807, 2.05) is 18.2 Å². The number of fused-ring (bicyclic) bond motifs is 1. The first kappa shape index (κ1) is 17.0. The standard InChI is InChI=1S/C21H14ClN3O2/c22-15-12-10-14(11-13-15)21(27)25-18-9-5-4-8-17(18)19(24-25)20(26)23-16-6-2-1-3-7-16/h1-13H,(H,23,26). The smallest absolute Gasteiger partial charge is 0.278 e.